The lowest BCUT2D eigenvalue weighted by Gasteiger charge is -2.11. The number of sulfonamides is 1. The summed E-state index contributed by atoms with van der Waals surface area (Å²) in [5.74, 6) is 1.30. The molecule has 0 unspecified atom stereocenters. The van der Waals surface area contributed by atoms with Crippen LogP contribution in [0.4, 0.5) is 0 Å². The summed E-state index contributed by atoms with van der Waals surface area (Å²) >= 11 is 0. The van der Waals surface area contributed by atoms with Crippen LogP contribution in [0.2, 0.25) is 0 Å². The number of hydrogen-bond donors (Lipinski definition) is 1. The van der Waals surface area contributed by atoms with Gasteiger partial charge in [0.25, 0.3) is 10.0 Å². The van der Waals surface area contributed by atoms with Crippen molar-refractivity contribution in [3.8, 4) is 17.6 Å². The first-order valence-electron chi connectivity index (χ1n) is 11.5. The van der Waals surface area contributed by atoms with E-state index in [0.717, 1.165) is 16.7 Å². The van der Waals surface area contributed by atoms with Crippen LogP contribution < -0.4 is 14.3 Å². The van der Waals surface area contributed by atoms with Crippen LogP contribution in [0.15, 0.2) is 113 Å². The third kappa shape index (κ3) is 6.97. The van der Waals surface area contributed by atoms with Crippen LogP contribution in [-0.2, 0) is 10.0 Å². The first kappa shape index (κ1) is 25.5. The van der Waals surface area contributed by atoms with Gasteiger partial charge in [-0.3, -0.25) is 0 Å². The van der Waals surface area contributed by atoms with E-state index in [1.807, 2.05) is 49.4 Å². The molecule has 0 atom stereocenters. The van der Waals surface area contributed by atoms with Crippen LogP contribution in [0, 0.1) is 18.3 Å². The van der Waals surface area contributed by atoms with E-state index in [0.29, 0.717) is 36.0 Å². The Morgan fingerprint density at radius 2 is 1.32 bits per heavy atom. The Balaban J connectivity index is 1.44. The summed E-state index contributed by atoms with van der Waals surface area (Å²) in [4.78, 5) is 2.51. The van der Waals surface area contributed by atoms with Crippen LogP contribution in [0.1, 0.15) is 22.3 Å². The first-order chi connectivity index (χ1) is 17.9. The van der Waals surface area contributed by atoms with E-state index < -0.39 is 10.0 Å². The molecule has 0 heterocycles. The van der Waals surface area contributed by atoms with Crippen molar-refractivity contribution in [3.63, 3.8) is 0 Å². The maximum Gasteiger partial charge on any atom is 0.276 e. The second-order valence-corrected chi connectivity index (χ2v) is 9.75. The molecule has 37 heavy (non-hydrogen) atoms. The molecule has 4 aromatic rings. The zero-order valence-electron chi connectivity index (χ0n) is 20.2. The molecule has 0 bridgehead atoms. The predicted molar refractivity (Wildman–Crippen MR) is 142 cm³/mol. The maximum absolute atomic E-state index is 12.8. The van der Waals surface area contributed by atoms with Gasteiger partial charge in [-0.2, -0.15) is 23.6 Å². The van der Waals surface area contributed by atoms with Crippen molar-refractivity contribution in [1.29, 1.82) is 5.26 Å². The molecule has 4 rings (SSSR count). The second-order valence-electron chi connectivity index (χ2n) is 8.09. The summed E-state index contributed by atoms with van der Waals surface area (Å²) in [5.41, 5.74) is 3.50. The molecule has 1 N–H and O–H groups in total. The van der Waals surface area contributed by atoms with Crippen LogP contribution >= 0.6 is 0 Å². The average molecular weight is 512 g/mol. The quantitative estimate of drug-likeness (QED) is 0.182. The summed E-state index contributed by atoms with van der Waals surface area (Å²) < 4.78 is 37.0. The van der Waals surface area contributed by atoms with E-state index in [-0.39, 0.29) is 4.90 Å². The highest BCUT2D eigenvalue weighted by Gasteiger charge is 2.15. The Labute approximate surface area is 216 Å². The lowest BCUT2D eigenvalue weighted by molar-refractivity contribution is 0.217. The van der Waals surface area contributed by atoms with Crippen LogP contribution in [0.3, 0.4) is 0 Å². The number of nitriles is 1. The van der Waals surface area contributed by atoms with Gasteiger partial charge in [0.2, 0.25) is 0 Å². The molecule has 7 nitrogen and oxygen atoms in total. The van der Waals surface area contributed by atoms with Gasteiger partial charge in [-0.15, -0.1) is 0 Å². The lowest BCUT2D eigenvalue weighted by Crippen LogP contribution is -2.21. The number of hydrogen-bond acceptors (Lipinski definition) is 6. The molecule has 0 fully saturated rings. The van der Waals surface area contributed by atoms with E-state index in [1.54, 1.807) is 60.7 Å². The SMILES string of the molecule is Cc1ccc(S(=O)(=O)N/N=C(\c2ccccc2)c2ccc(OCCOc3ccc(C#N)cc3)cc2)cc1. The summed E-state index contributed by atoms with van der Waals surface area (Å²) in [6, 6.07) is 32.1. The molecule has 0 aliphatic carbocycles. The van der Waals surface area contributed by atoms with Crippen molar-refractivity contribution in [1.82, 2.24) is 4.83 Å². The monoisotopic (exact) mass is 511 g/mol. The van der Waals surface area contributed by atoms with Gasteiger partial charge in [0.1, 0.15) is 24.7 Å². The molecular formula is C29H25N3O4S. The van der Waals surface area contributed by atoms with E-state index >= 15 is 0 Å². The molecular weight excluding hydrogens is 486 g/mol. The Kier molecular flexibility index (Phi) is 8.18. The fourth-order valence-corrected chi connectivity index (χ4v) is 4.23. The molecule has 4 aromatic carbocycles. The van der Waals surface area contributed by atoms with Crippen molar-refractivity contribution < 1.29 is 17.9 Å². The number of ether oxygens (including phenoxy) is 2. The number of aryl methyl sites for hydroxylation is 1. The van der Waals surface area contributed by atoms with E-state index in [2.05, 4.69) is 16.0 Å². The molecule has 0 amide bonds. The summed E-state index contributed by atoms with van der Waals surface area (Å²) in [7, 11) is -3.83. The smallest absolute Gasteiger partial charge is 0.276 e. The van der Waals surface area contributed by atoms with Crippen molar-refractivity contribution in [3.05, 3.63) is 125 Å². The van der Waals surface area contributed by atoms with E-state index in [4.69, 9.17) is 14.7 Å². The lowest BCUT2D eigenvalue weighted by atomic mass is 10.0. The highest BCUT2D eigenvalue weighted by molar-refractivity contribution is 7.89. The standard InChI is InChI=1S/C29H25N3O4S/c1-22-7-17-28(18-8-22)37(33,34)32-31-29(24-5-3-2-4-6-24)25-11-15-27(16-12-25)36-20-19-35-26-13-9-23(21-30)10-14-26/h2-18,32H,19-20H2,1H3/b31-29+. The largest absolute Gasteiger partial charge is 0.490 e. The molecule has 0 aliphatic rings. The van der Waals surface area contributed by atoms with Gasteiger partial charge < -0.3 is 9.47 Å². The van der Waals surface area contributed by atoms with Gasteiger partial charge >= 0.3 is 0 Å². The topological polar surface area (TPSA) is 101 Å². The zero-order valence-corrected chi connectivity index (χ0v) is 21.0. The van der Waals surface area contributed by atoms with Gasteiger partial charge in [0.05, 0.1) is 22.2 Å². The zero-order chi connectivity index (χ0) is 26.1. The molecule has 0 aliphatic heterocycles. The Morgan fingerprint density at radius 3 is 1.89 bits per heavy atom. The minimum atomic E-state index is -3.83. The fraction of sp³-hybridized carbons (Fsp3) is 0.103. The van der Waals surface area contributed by atoms with Gasteiger partial charge in [-0.05, 0) is 67.6 Å². The van der Waals surface area contributed by atoms with Crippen LogP contribution in [0.25, 0.3) is 0 Å². The highest BCUT2D eigenvalue weighted by atomic mass is 32.2. The third-order valence-electron chi connectivity index (χ3n) is 5.39. The number of benzene rings is 4. The maximum atomic E-state index is 12.8. The Morgan fingerprint density at radius 1 is 0.784 bits per heavy atom. The van der Waals surface area contributed by atoms with Crippen molar-refractivity contribution >= 4 is 15.7 Å². The minimum absolute atomic E-state index is 0.140. The molecule has 0 spiro atoms. The molecule has 8 heteroatoms. The molecule has 0 saturated carbocycles. The van der Waals surface area contributed by atoms with Crippen molar-refractivity contribution in [2.75, 3.05) is 13.2 Å². The molecule has 0 radical (unpaired) electrons. The Bertz CT molecular complexity index is 1490. The van der Waals surface area contributed by atoms with Gasteiger partial charge in [-0.1, -0.05) is 48.0 Å². The fourth-order valence-electron chi connectivity index (χ4n) is 3.42. The molecule has 186 valence electrons. The third-order valence-corrected chi connectivity index (χ3v) is 6.61. The molecule has 0 aromatic heterocycles. The number of hydrazone groups is 1. The van der Waals surface area contributed by atoms with Gasteiger partial charge in [0, 0.05) is 11.1 Å². The summed E-state index contributed by atoms with van der Waals surface area (Å²) in [6.07, 6.45) is 0. The second kappa shape index (κ2) is 11.9. The van der Waals surface area contributed by atoms with Crippen molar-refractivity contribution in [2.45, 2.75) is 11.8 Å². The van der Waals surface area contributed by atoms with Crippen LogP contribution in [0.5, 0.6) is 11.5 Å². The van der Waals surface area contributed by atoms with E-state index in [9.17, 15) is 8.42 Å². The number of rotatable bonds is 10. The minimum Gasteiger partial charge on any atom is -0.490 e. The normalized spacial score (nSPS) is 11.4. The first-order valence-corrected chi connectivity index (χ1v) is 13.0. The molecule has 0 saturated heterocycles. The van der Waals surface area contributed by atoms with Gasteiger partial charge in [-0.25, -0.2) is 0 Å². The average Bonchev–Trinajstić information content (AvgIpc) is 2.93. The van der Waals surface area contributed by atoms with Crippen LogP contribution in [-0.4, -0.2) is 27.3 Å². The van der Waals surface area contributed by atoms with Crippen molar-refractivity contribution in [2.24, 2.45) is 5.10 Å². The predicted octanol–water partition coefficient (Wildman–Crippen LogP) is 5.06. The number of nitrogens with zero attached hydrogens (tertiary/aromatic N) is 2. The number of nitrogens with one attached hydrogen (secondary N) is 1. The highest BCUT2D eigenvalue weighted by Crippen LogP contribution is 2.18. The summed E-state index contributed by atoms with van der Waals surface area (Å²) in [5, 5.41) is 13.1. The van der Waals surface area contributed by atoms with Gasteiger partial charge in [0.15, 0.2) is 0 Å². The Hall–Kier alpha value is -4.61. The summed E-state index contributed by atoms with van der Waals surface area (Å²) in [6.45, 7) is 2.56. The van der Waals surface area contributed by atoms with E-state index in [1.165, 1.54) is 0 Å².